The fourth-order valence-electron chi connectivity index (χ4n) is 2.14. The molecule has 1 aromatic rings. The summed E-state index contributed by atoms with van der Waals surface area (Å²) >= 11 is 0. The van der Waals surface area contributed by atoms with Gasteiger partial charge in [0.1, 0.15) is 0 Å². The Morgan fingerprint density at radius 3 is 3.00 bits per heavy atom. The molecule has 84 valence electrons. The van der Waals surface area contributed by atoms with Gasteiger partial charge in [-0.3, -0.25) is 9.89 Å². The standard InChI is InChI=1S/C11H19N3O/c1-8(2)5-9-6-11(15)14(13-9)10-3-4-12-7-10/h6,8,10,12-13H,3-5,7H2,1-2H3. The van der Waals surface area contributed by atoms with Crippen molar-refractivity contribution in [2.24, 2.45) is 5.92 Å². The van der Waals surface area contributed by atoms with Crippen LogP contribution in [0.3, 0.4) is 0 Å². The Morgan fingerprint density at radius 2 is 2.40 bits per heavy atom. The van der Waals surface area contributed by atoms with Crippen LogP contribution >= 0.6 is 0 Å². The van der Waals surface area contributed by atoms with Gasteiger partial charge < -0.3 is 5.32 Å². The fourth-order valence-corrected chi connectivity index (χ4v) is 2.14. The largest absolute Gasteiger partial charge is 0.315 e. The maximum atomic E-state index is 11.7. The van der Waals surface area contributed by atoms with Gasteiger partial charge in [0.2, 0.25) is 0 Å². The number of rotatable bonds is 3. The van der Waals surface area contributed by atoms with E-state index in [9.17, 15) is 4.79 Å². The first-order chi connectivity index (χ1) is 7.16. The summed E-state index contributed by atoms with van der Waals surface area (Å²) in [6, 6.07) is 2.05. The fraction of sp³-hybridized carbons (Fsp3) is 0.727. The highest BCUT2D eigenvalue weighted by Gasteiger charge is 2.18. The Morgan fingerprint density at radius 1 is 1.60 bits per heavy atom. The average Bonchev–Trinajstić information content (AvgIpc) is 2.72. The van der Waals surface area contributed by atoms with Gasteiger partial charge in [0.15, 0.2) is 0 Å². The van der Waals surface area contributed by atoms with Gasteiger partial charge in [-0.25, -0.2) is 4.68 Å². The summed E-state index contributed by atoms with van der Waals surface area (Å²) < 4.78 is 1.78. The van der Waals surface area contributed by atoms with Gasteiger partial charge in [-0.05, 0) is 25.3 Å². The van der Waals surface area contributed by atoms with Gasteiger partial charge >= 0.3 is 0 Å². The third-order valence-electron chi connectivity index (χ3n) is 2.83. The zero-order valence-electron chi connectivity index (χ0n) is 9.42. The molecule has 0 aromatic carbocycles. The van der Waals surface area contributed by atoms with E-state index in [1.165, 1.54) is 0 Å². The molecule has 0 amide bonds. The lowest BCUT2D eigenvalue weighted by molar-refractivity contribution is 0.469. The summed E-state index contributed by atoms with van der Waals surface area (Å²) in [5.74, 6) is 0.582. The van der Waals surface area contributed by atoms with Crippen LogP contribution in [0.2, 0.25) is 0 Å². The number of H-pyrrole nitrogens is 1. The first-order valence-electron chi connectivity index (χ1n) is 5.68. The molecular formula is C11H19N3O. The maximum Gasteiger partial charge on any atom is 0.267 e. The van der Waals surface area contributed by atoms with E-state index < -0.39 is 0 Å². The van der Waals surface area contributed by atoms with Crippen molar-refractivity contribution in [3.05, 3.63) is 22.1 Å². The topological polar surface area (TPSA) is 49.8 Å². The molecule has 1 atom stereocenters. The van der Waals surface area contributed by atoms with E-state index in [-0.39, 0.29) is 5.56 Å². The Kier molecular flexibility index (Phi) is 2.95. The van der Waals surface area contributed by atoms with E-state index in [1.54, 1.807) is 10.7 Å². The lowest BCUT2D eigenvalue weighted by Gasteiger charge is -2.09. The second-order valence-corrected chi connectivity index (χ2v) is 4.73. The van der Waals surface area contributed by atoms with E-state index in [2.05, 4.69) is 24.3 Å². The minimum atomic E-state index is 0.111. The molecule has 0 radical (unpaired) electrons. The monoisotopic (exact) mass is 209 g/mol. The average molecular weight is 209 g/mol. The highest BCUT2D eigenvalue weighted by Crippen LogP contribution is 2.12. The summed E-state index contributed by atoms with van der Waals surface area (Å²) in [6.07, 6.45) is 1.99. The first kappa shape index (κ1) is 10.5. The molecule has 4 heteroatoms. The Balaban J connectivity index is 2.17. The van der Waals surface area contributed by atoms with Crippen molar-refractivity contribution in [3.8, 4) is 0 Å². The molecule has 0 spiro atoms. The summed E-state index contributed by atoms with van der Waals surface area (Å²) in [7, 11) is 0. The molecule has 2 heterocycles. The van der Waals surface area contributed by atoms with Crippen LogP contribution in [0.25, 0.3) is 0 Å². The van der Waals surface area contributed by atoms with Crippen molar-refractivity contribution >= 4 is 0 Å². The summed E-state index contributed by atoms with van der Waals surface area (Å²) in [6.45, 7) is 6.23. The minimum Gasteiger partial charge on any atom is -0.315 e. The molecule has 2 N–H and O–H groups in total. The van der Waals surface area contributed by atoms with E-state index in [0.29, 0.717) is 12.0 Å². The molecule has 0 saturated carbocycles. The summed E-state index contributed by atoms with van der Waals surface area (Å²) in [5.41, 5.74) is 1.17. The van der Waals surface area contributed by atoms with Crippen molar-refractivity contribution in [3.63, 3.8) is 0 Å². The molecule has 1 saturated heterocycles. The van der Waals surface area contributed by atoms with Crippen LogP contribution in [0.1, 0.15) is 32.0 Å². The van der Waals surface area contributed by atoms with Crippen LogP contribution in [-0.4, -0.2) is 22.9 Å². The Hall–Kier alpha value is -1.03. The van der Waals surface area contributed by atoms with Crippen LogP contribution < -0.4 is 10.9 Å². The van der Waals surface area contributed by atoms with Crippen LogP contribution in [0.5, 0.6) is 0 Å². The van der Waals surface area contributed by atoms with Gasteiger partial charge in [0.05, 0.1) is 6.04 Å². The molecule has 1 unspecified atom stereocenters. The molecule has 15 heavy (non-hydrogen) atoms. The number of aromatic nitrogens is 2. The maximum absolute atomic E-state index is 11.7. The minimum absolute atomic E-state index is 0.111. The zero-order valence-corrected chi connectivity index (χ0v) is 9.42. The van der Waals surface area contributed by atoms with Crippen molar-refractivity contribution in [1.82, 2.24) is 15.1 Å². The van der Waals surface area contributed by atoms with E-state index in [0.717, 1.165) is 31.6 Å². The Bertz CT molecular complexity index is 371. The molecule has 4 nitrogen and oxygen atoms in total. The predicted octanol–water partition coefficient (Wildman–Crippen LogP) is 0.909. The number of nitrogens with one attached hydrogen (secondary N) is 2. The van der Waals surface area contributed by atoms with Crippen LogP contribution in [0.15, 0.2) is 10.9 Å². The second-order valence-electron chi connectivity index (χ2n) is 4.73. The third-order valence-corrected chi connectivity index (χ3v) is 2.83. The molecule has 1 fully saturated rings. The highest BCUT2D eigenvalue weighted by atomic mass is 16.1. The quantitative estimate of drug-likeness (QED) is 0.777. The van der Waals surface area contributed by atoms with Gasteiger partial charge in [-0.2, -0.15) is 0 Å². The zero-order chi connectivity index (χ0) is 10.8. The van der Waals surface area contributed by atoms with Crippen molar-refractivity contribution in [2.75, 3.05) is 13.1 Å². The second kappa shape index (κ2) is 4.23. The number of aromatic amines is 1. The highest BCUT2D eigenvalue weighted by molar-refractivity contribution is 5.01. The Labute approximate surface area is 89.7 Å². The van der Waals surface area contributed by atoms with Crippen molar-refractivity contribution in [2.45, 2.75) is 32.7 Å². The van der Waals surface area contributed by atoms with Crippen LogP contribution in [0, 0.1) is 5.92 Å². The van der Waals surface area contributed by atoms with Crippen molar-refractivity contribution in [1.29, 1.82) is 0 Å². The predicted molar refractivity (Wildman–Crippen MR) is 60.1 cm³/mol. The number of hydrogen-bond donors (Lipinski definition) is 2. The first-order valence-corrected chi connectivity index (χ1v) is 5.68. The van der Waals surface area contributed by atoms with E-state index in [4.69, 9.17) is 0 Å². The molecular weight excluding hydrogens is 190 g/mol. The third kappa shape index (κ3) is 2.31. The lowest BCUT2D eigenvalue weighted by Crippen LogP contribution is -2.23. The molecule has 0 bridgehead atoms. The van der Waals surface area contributed by atoms with E-state index >= 15 is 0 Å². The smallest absolute Gasteiger partial charge is 0.267 e. The summed E-state index contributed by atoms with van der Waals surface area (Å²) in [4.78, 5) is 11.7. The van der Waals surface area contributed by atoms with Gasteiger partial charge in [0.25, 0.3) is 5.56 Å². The van der Waals surface area contributed by atoms with Crippen LogP contribution in [0.4, 0.5) is 0 Å². The summed E-state index contributed by atoms with van der Waals surface area (Å²) in [5, 5.41) is 6.49. The van der Waals surface area contributed by atoms with E-state index in [1.807, 2.05) is 0 Å². The lowest BCUT2D eigenvalue weighted by atomic mass is 10.1. The van der Waals surface area contributed by atoms with Gasteiger partial charge in [-0.15, -0.1) is 0 Å². The molecule has 0 aliphatic carbocycles. The SMILES string of the molecule is CC(C)Cc1cc(=O)n(C2CCNC2)[nH]1. The number of hydrogen-bond acceptors (Lipinski definition) is 2. The van der Waals surface area contributed by atoms with Gasteiger partial charge in [-0.1, -0.05) is 13.8 Å². The molecule has 2 rings (SSSR count). The van der Waals surface area contributed by atoms with Gasteiger partial charge in [0, 0.05) is 18.3 Å². The van der Waals surface area contributed by atoms with Crippen molar-refractivity contribution < 1.29 is 0 Å². The number of nitrogens with zero attached hydrogens (tertiary/aromatic N) is 1. The molecule has 1 aliphatic heterocycles. The van der Waals surface area contributed by atoms with Crippen LogP contribution in [-0.2, 0) is 6.42 Å². The molecule has 1 aliphatic rings. The molecule has 1 aromatic heterocycles. The normalized spacial score (nSPS) is 21.4.